The first-order valence-electron chi connectivity index (χ1n) is 7.04. The first kappa shape index (κ1) is 15.7. The number of hydrogen-bond acceptors (Lipinski definition) is 4. The van der Waals surface area contributed by atoms with E-state index >= 15 is 0 Å². The van der Waals surface area contributed by atoms with Crippen molar-refractivity contribution in [3.8, 4) is 0 Å². The maximum Gasteiger partial charge on any atom is 0.220 e. The highest BCUT2D eigenvalue weighted by Gasteiger charge is 2.13. The van der Waals surface area contributed by atoms with Crippen molar-refractivity contribution in [3.05, 3.63) is 17.5 Å². The number of nitrogens with zero attached hydrogens (tertiary/aromatic N) is 1. The lowest BCUT2D eigenvalue weighted by Crippen LogP contribution is -2.25. The third-order valence-corrected chi connectivity index (χ3v) is 3.27. The van der Waals surface area contributed by atoms with Crippen molar-refractivity contribution in [1.82, 2.24) is 10.5 Å². The first-order valence-corrected chi connectivity index (χ1v) is 7.04. The number of aromatic nitrogens is 1. The molecule has 3 N–H and O–H groups in total. The van der Waals surface area contributed by atoms with E-state index in [0.717, 1.165) is 18.5 Å². The summed E-state index contributed by atoms with van der Waals surface area (Å²) in [6.45, 7) is 6.56. The van der Waals surface area contributed by atoms with Crippen LogP contribution in [-0.4, -0.2) is 17.1 Å². The van der Waals surface area contributed by atoms with Crippen LogP contribution in [0.25, 0.3) is 0 Å². The highest BCUT2D eigenvalue weighted by atomic mass is 16.5. The molecule has 0 saturated heterocycles. The Hall–Kier alpha value is -1.36. The number of nitrogens with one attached hydrogen (secondary N) is 1. The summed E-state index contributed by atoms with van der Waals surface area (Å²) in [5.74, 6) is 1.14. The van der Waals surface area contributed by atoms with E-state index in [1.165, 1.54) is 0 Å². The number of rotatable bonds is 8. The van der Waals surface area contributed by atoms with Crippen LogP contribution in [-0.2, 0) is 11.3 Å². The number of hydrogen-bond donors (Lipinski definition) is 2. The zero-order chi connectivity index (χ0) is 14.3. The second-order valence-corrected chi connectivity index (χ2v) is 5.02. The van der Waals surface area contributed by atoms with Gasteiger partial charge in [0.1, 0.15) is 0 Å². The van der Waals surface area contributed by atoms with Crippen molar-refractivity contribution in [2.75, 3.05) is 0 Å². The van der Waals surface area contributed by atoms with Gasteiger partial charge in [-0.2, -0.15) is 0 Å². The van der Waals surface area contributed by atoms with Crippen molar-refractivity contribution in [2.45, 2.75) is 65.0 Å². The highest BCUT2D eigenvalue weighted by Crippen LogP contribution is 2.22. The number of nitrogens with two attached hydrogens (primary N) is 1. The lowest BCUT2D eigenvalue weighted by molar-refractivity contribution is -0.121. The minimum Gasteiger partial charge on any atom is -0.359 e. The number of carbonyl (C=O) groups excluding carboxylic acids is 1. The molecule has 1 rings (SSSR count). The van der Waals surface area contributed by atoms with Crippen molar-refractivity contribution < 1.29 is 9.32 Å². The van der Waals surface area contributed by atoms with Gasteiger partial charge in [0, 0.05) is 24.4 Å². The molecule has 0 aliphatic rings. The summed E-state index contributed by atoms with van der Waals surface area (Å²) in [5, 5.41) is 6.88. The topological polar surface area (TPSA) is 81.2 Å². The molecule has 1 amide bonds. The van der Waals surface area contributed by atoms with E-state index in [0.29, 0.717) is 31.1 Å². The fourth-order valence-corrected chi connectivity index (χ4v) is 1.94. The predicted octanol–water partition coefficient (Wildman–Crippen LogP) is 2.32. The van der Waals surface area contributed by atoms with Crippen LogP contribution in [0.5, 0.6) is 0 Å². The normalized spacial score (nSPS) is 12.7. The molecule has 5 heteroatoms. The van der Waals surface area contributed by atoms with Gasteiger partial charge in [-0.1, -0.05) is 19.0 Å². The van der Waals surface area contributed by atoms with Gasteiger partial charge in [-0.05, 0) is 26.2 Å². The average molecular weight is 267 g/mol. The summed E-state index contributed by atoms with van der Waals surface area (Å²) in [4.78, 5) is 11.5. The van der Waals surface area contributed by atoms with Gasteiger partial charge in [0.15, 0.2) is 5.76 Å². The van der Waals surface area contributed by atoms with Crippen LogP contribution in [0.15, 0.2) is 10.6 Å². The molecule has 5 nitrogen and oxygen atoms in total. The Morgan fingerprint density at radius 3 is 2.74 bits per heavy atom. The molecule has 0 fully saturated rings. The van der Waals surface area contributed by atoms with E-state index in [1.54, 1.807) is 0 Å². The summed E-state index contributed by atoms with van der Waals surface area (Å²) in [5.41, 5.74) is 6.58. The Bertz CT molecular complexity index is 384. The van der Waals surface area contributed by atoms with Gasteiger partial charge in [-0.25, -0.2) is 0 Å². The fraction of sp³-hybridized carbons (Fsp3) is 0.714. The lowest BCUT2D eigenvalue weighted by atomic mass is 9.99. The van der Waals surface area contributed by atoms with Crippen LogP contribution < -0.4 is 11.1 Å². The van der Waals surface area contributed by atoms with Gasteiger partial charge in [0.05, 0.1) is 12.2 Å². The van der Waals surface area contributed by atoms with Gasteiger partial charge < -0.3 is 15.6 Å². The summed E-state index contributed by atoms with van der Waals surface area (Å²) < 4.78 is 5.24. The van der Waals surface area contributed by atoms with Crippen LogP contribution in [0.2, 0.25) is 0 Å². The van der Waals surface area contributed by atoms with Crippen molar-refractivity contribution in [1.29, 1.82) is 0 Å². The molecule has 0 aliphatic carbocycles. The third-order valence-electron chi connectivity index (χ3n) is 3.27. The predicted molar refractivity (Wildman–Crippen MR) is 74.6 cm³/mol. The molecule has 0 spiro atoms. The maximum absolute atomic E-state index is 11.5. The van der Waals surface area contributed by atoms with E-state index in [-0.39, 0.29) is 11.9 Å². The minimum absolute atomic E-state index is 0.00205. The van der Waals surface area contributed by atoms with Gasteiger partial charge in [-0.15, -0.1) is 0 Å². The molecule has 1 heterocycles. The second kappa shape index (κ2) is 7.94. The molecule has 0 aliphatic heterocycles. The Balaban J connectivity index is 2.39. The first-order chi connectivity index (χ1) is 9.06. The van der Waals surface area contributed by atoms with Crippen molar-refractivity contribution in [2.24, 2.45) is 5.73 Å². The second-order valence-electron chi connectivity index (χ2n) is 5.02. The molecule has 1 atom stereocenters. The maximum atomic E-state index is 11.5. The zero-order valence-electron chi connectivity index (χ0n) is 12.1. The quantitative estimate of drug-likeness (QED) is 0.757. The molecule has 0 aromatic carbocycles. The van der Waals surface area contributed by atoms with Crippen LogP contribution in [0, 0.1) is 0 Å². The monoisotopic (exact) mass is 267 g/mol. The molecular formula is C14H25N3O2. The van der Waals surface area contributed by atoms with Crippen molar-refractivity contribution in [3.63, 3.8) is 0 Å². The van der Waals surface area contributed by atoms with Crippen LogP contribution >= 0.6 is 0 Å². The SMILES string of the molecule is CCC(CC)c1cc(CNC(=O)CCC(C)N)on1. The van der Waals surface area contributed by atoms with Crippen molar-refractivity contribution >= 4 is 5.91 Å². The minimum atomic E-state index is -0.00205. The van der Waals surface area contributed by atoms with E-state index in [9.17, 15) is 4.79 Å². The Kier molecular flexibility index (Phi) is 6.56. The highest BCUT2D eigenvalue weighted by molar-refractivity contribution is 5.75. The molecule has 1 aromatic rings. The van der Waals surface area contributed by atoms with E-state index in [2.05, 4.69) is 24.3 Å². The van der Waals surface area contributed by atoms with Crippen LogP contribution in [0.4, 0.5) is 0 Å². The lowest BCUT2D eigenvalue weighted by Gasteiger charge is -2.06. The van der Waals surface area contributed by atoms with E-state index in [1.807, 2.05) is 13.0 Å². The molecule has 19 heavy (non-hydrogen) atoms. The molecule has 0 saturated carbocycles. The standard InChI is InChI=1S/C14H25N3O2/c1-4-11(5-2)13-8-12(19-17-13)9-16-14(18)7-6-10(3)15/h8,10-11H,4-7,9,15H2,1-3H3,(H,16,18). The summed E-state index contributed by atoms with van der Waals surface area (Å²) >= 11 is 0. The Labute approximate surface area is 114 Å². The average Bonchev–Trinajstić information content (AvgIpc) is 2.84. The molecular weight excluding hydrogens is 242 g/mol. The molecule has 0 radical (unpaired) electrons. The molecule has 1 aromatic heterocycles. The van der Waals surface area contributed by atoms with Gasteiger partial charge >= 0.3 is 0 Å². The summed E-state index contributed by atoms with van der Waals surface area (Å²) in [7, 11) is 0. The number of carbonyl (C=O) groups is 1. The summed E-state index contributed by atoms with van der Waals surface area (Å²) in [6.07, 6.45) is 3.23. The molecule has 108 valence electrons. The Morgan fingerprint density at radius 1 is 1.47 bits per heavy atom. The Morgan fingerprint density at radius 2 is 2.16 bits per heavy atom. The van der Waals surface area contributed by atoms with E-state index < -0.39 is 0 Å². The fourth-order valence-electron chi connectivity index (χ4n) is 1.94. The largest absolute Gasteiger partial charge is 0.359 e. The van der Waals surface area contributed by atoms with Gasteiger partial charge in [0.2, 0.25) is 5.91 Å². The number of amides is 1. The van der Waals surface area contributed by atoms with Crippen LogP contribution in [0.1, 0.15) is 63.8 Å². The zero-order valence-corrected chi connectivity index (χ0v) is 12.1. The smallest absolute Gasteiger partial charge is 0.220 e. The summed E-state index contributed by atoms with van der Waals surface area (Å²) in [6, 6.07) is 1.99. The van der Waals surface area contributed by atoms with Gasteiger partial charge in [-0.3, -0.25) is 4.79 Å². The van der Waals surface area contributed by atoms with Gasteiger partial charge in [0.25, 0.3) is 0 Å². The van der Waals surface area contributed by atoms with E-state index in [4.69, 9.17) is 10.3 Å². The molecule has 1 unspecified atom stereocenters. The third kappa shape index (κ3) is 5.42. The van der Waals surface area contributed by atoms with Crippen LogP contribution in [0.3, 0.4) is 0 Å². The molecule has 0 bridgehead atoms.